The smallest absolute Gasteiger partial charge is 0.133 e. The average Bonchev–Trinajstić information content (AvgIpc) is 2.81. The van der Waals surface area contributed by atoms with Crippen LogP contribution in [0.25, 0.3) is 11.3 Å². The highest BCUT2D eigenvalue weighted by atomic mass is 35.5. The van der Waals surface area contributed by atoms with Gasteiger partial charge in [-0.25, -0.2) is 9.97 Å². The molecule has 7 nitrogen and oxygen atoms in total. The van der Waals surface area contributed by atoms with Gasteiger partial charge in [0.25, 0.3) is 0 Å². The standard InChI is InChI=1S/C24H33ClN6O/c25-21-15-28-24(29-19-8-6-18(26)7-9-19)13-20(21)22-4-1-5-23(30-22)27-14-17-3-2-10-31(16-17)11-12-32/h1,4-5,12-13,15,17-19H,2-3,6-11,14,16,26H2,(H,27,30)(H,28,29)/t17-,18-,19-/m1/s1. The topological polar surface area (TPSA) is 96.2 Å². The van der Waals surface area contributed by atoms with E-state index in [9.17, 15) is 4.79 Å². The molecule has 1 atom stereocenters. The molecule has 2 fully saturated rings. The largest absolute Gasteiger partial charge is 0.370 e. The third-order valence-electron chi connectivity index (χ3n) is 6.51. The number of nitrogens with two attached hydrogens (primary N) is 1. The van der Waals surface area contributed by atoms with E-state index in [4.69, 9.17) is 22.3 Å². The number of likely N-dealkylation sites (tertiary alicyclic amines) is 1. The maximum atomic E-state index is 10.8. The SMILES string of the molecule is N[C@H]1CC[C@H](Nc2cc(-c3cccc(NC[C@H]4CCCN(CC=O)C4)n3)c(Cl)cn2)CC1. The molecule has 2 aliphatic rings. The number of nitrogens with one attached hydrogen (secondary N) is 2. The van der Waals surface area contributed by atoms with Crippen LogP contribution in [-0.2, 0) is 4.79 Å². The summed E-state index contributed by atoms with van der Waals surface area (Å²) in [6.07, 6.45) is 9.18. The monoisotopic (exact) mass is 456 g/mol. The van der Waals surface area contributed by atoms with E-state index in [1.165, 1.54) is 6.42 Å². The van der Waals surface area contributed by atoms with Crippen molar-refractivity contribution >= 4 is 29.5 Å². The second kappa shape index (κ2) is 11.1. The zero-order valence-corrected chi connectivity index (χ0v) is 19.2. The third-order valence-corrected chi connectivity index (χ3v) is 6.81. The third kappa shape index (κ3) is 6.18. The Morgan fingerprint density at radius 2 is 2.03 bits per heavy atom. The molecular formula is C24H33ClN6O. The molecule has 8 heteroatoms. The van der Waals surface area contributed by atoms with Crippen LogP contribution in [0.3, 0.4) is 0 Å². The van der Waals surface area contributed by atoms with Crippen molar-refractivity contribution in [1.82, 2.24) is 14.9 Å². The highest BCUT2D eigenvalue weighted by molar-refractivity contribution is 6.33. The minimum Gasteiger partial charge on any atom is -0.370 e. The quantitative estimate of drug-likeness (QED) is 0.520. The summed E-state index contributed by atoms with van der Waals surface area (Å²) in [4.78, 5) is 22.3. The number of hydrogen-bond acceptors (Lipinski definition) is 7. The summed E-state index contributed by atoms with van der Waals surface area (Å²) in [6.45, 7) is 3.32. The van der Waals surface area contributed by atoms with E-state index in [1.54, 1.807) is 6.20 Å². The fourth-order valence-electron chi connectivity index (χ4n) is 4.71. The van der Waals surface area contributed by atoms with E-state index in [0.29, 0.717) is 29.6 Å². The number of anilines is 2. The summed E-state index contributed by atoms with van der Waals surface area (Å²) in [5.41, 5.74) is 7.72. The van der Waals surface area contributed by atoms with Crippen LogP contribution in [0.1, 0.15) is 38.5 Å². The maximum Gasteiger partial charge on any atom is 0.133 e. The molecule has 0 unspecified atom stereocenters. The zero-order chi connectivity index (χ0) is 22.3. The number of aldehydes is 1. The van der Waals surface area contributed by atoms with E-state index in [1.807, 2.05) is 24.3 Å². The summed E-state index contributed by atoms with van der Waals surface area (Å²) in [5, 5.41) is 7.60. The zero-order valence-electron chi connectivity index (χ0n) is 18.5. The lowest BCUT2D eigenvalue weighted by Crippen LogP contribution is -2.39. The summed E-state index contributed by atoms with van der Waals surface area (Å²) >= 11 is 6.49. The number of aromatic nitrogens is 2. The minimum absolute atomic E-state index is 0.322. The lowest BCUT2D eigenvalue weighted by atomic mass is 9.92. The molecular weight excluding hydrogens is 424 g/mol. The first kappa shape index (κ1) is 23.0. The van der Waals surface area contributed by atoms with Crippen LogP contribution in [0.2, 0.25) is 5.02 Å². The minimum atomic E-state index is 0.322. The lowest BCUT2D eigenvalue weighted by Gasteiger charge is -2.31. The molecule has 0 aromatic carbocycles. The molecule has 1 saturated heterocycles. The van der Waals surface area contributed by atoms with Gasteiger partial charge in [-0.2, -0.15) is 0 Å². The number of hydrogen-bond donors (Lipinski definition) is 3. The van der Waals surface area contributed by atoms with Crippen molar-refractivity contribution in [3.63, 3.8) is 0 Å². The van der Waals surface area contributed by atoms with Crippen molar-refractivity contribution in [2.45, 2.75) is 50.6 Å². The Morgan fingerprint density at radius 3 is 2.84 bits per heavy atom. The Morgan fingerprint density at radius 1 is 1.19 bits per heavy atom. The maximum absolute atomic E-state index is 10.8. The average molecular weight is 457 g/mol. The molecule has 1 saturated carbocycles. The molecule has 172 valence electrons. The van der Waals surface area contributed by atoms with Crippen LogP contribution in [-0.4, -0.2) is 59.4 Å². The van der Waals surface area contributed by atoms with E-state index in [0.717, 1.165) is 80.9 Å². The molecule has 0 amide bonds. The predicted octanol–water partition coefficient (Wildman–Crippen LogP) is 3.80. The van der Waals surface area contributed by atoms with Crippen molar-refractivity contribution in [2.75, 3.05) is 36.8 Å². The normalized spacial score (nSPS) is 24.1. The lowest BCUT2D eigenvalue weighted by molar-refractivity contribution is -0.109. The van der Waals surface area contributed by atoms with Crippen molar-refractivity contribution in [3.05, 3.63) is 35.5 Å². The van der Waals surface area contributed by atoms with Crippen LogP contribution >= 0.6 is 11.6 Å². The molecule has 0 spiro atoms. The molecule has 4 N–H and O–H groups in total. The molecule has 4 rings (SSSR count). The second-order valence-corrected chi connectivity index (χ2v) is 9.44. The van der Waals surface area contributed by atoms with Crippen LogP contribution in [0.15, 0.2) is 30.5 Å². The van der Waals surface area contributed by atoms with Crippen LogP contribution < -0.4 is 16.4 Å². The number of piperidine rings is 1. The van der Waals surface area contributed by atoms with E-state index < -0.39 is 0 Å². The predicted molar refractivity (Wildman–Crippen MR) is 130 cm³/mol. The summed E-state index contributed by atoms with van der Waals surface area (Å²) < 4.78 is 0. The van der Waals surface area contributed by atoms with Gasteiger partial charge < -0.3 is 21.2 Å². The van der Waals surface area contributed by atoms with Gasteiger partial charge in [0.15, 0.2) is 0 Å². The van der Waals surface area contributed by atoms with Gasteiger partial charge in [-0.15, -0.1) is 0 Å². The highest BCUT2D eigenvalue weighted by Gasteiger charge is 2.20. The van der Waals surface area contributed by atoms with Gasteiger partial charge in [-0.3, -0.25) is 4.90 Å². The number of nitrogens with zero attached hydrogens (tertiary/aromatic N) is 3. The highest BCUT2D eigenvalue weighted by Crippen LogP contribution is 2.30. The molecule has 2 aromatic rings. The van der Waals surface area contributed by atoms with Gasteiger partial charge in [0, 0.05) is 36.9 Å². The first-order valence-electron chi connectivity index (χ1n) is 11.7. The molecule has 3 heterocycles. The van der Waals surface area contributed by atoms with Gasteiger partial charge in [0.2, 0.25) is 0 Å². The summed E-state index contributed by atoms with van der Waals surface area (Å²) in [6, 6.07) is 8.66. The molecule has 0 radical (unpaired) electrons. The van der Waals surface area contributed by atoms with Gasteiger partial charge in [-0.05, 0) is 69.2 Å². The van der Waals surface area contributed by atoms with E-state index >= 15 is 0 Å². The molecule has 0 bridgehead atoms. The van der Waals surface area contributed by atoms with Gasteiger partial charge >= 0.3 is 0 Å². The molecule has 32 heavy (non-hydrogen) atoms. The molecule has 1 aliphatic heterocycles. The number of carbonyl (C=O) groups is 1. The second-order valence-electron chi connectivity index (χ2n) is 9.03. The Hall–Kier alpha value is -2.22. The number of halogens is 1. The van der Waals surface area contributed by atoms with Gasteiger partial charge in [0.1, 0.15) is 17.9 Å². The van der Waals surface area contributed by atoms with Crippen molar-refractivity contribution < 1.29 is 4.79 Å². The Bertz CT molecular complexity index is 902. The number of pyridine rings is 2. The van der Waals surface area contributed by atoms with Gasteiger partial charge in [-0.1, -0.05) is 17.7 Å². The fraction of sp³-hybridized carbons (Fsp3) is 0.542. The Labute approximate surface area is 195 Å². The molecule has 1 aliphatic carbocycles. The Kier molecular flexibility index (Phi) is 7.95. The van der Waals surface area contributed by atoms with Crippen LogP contribution in [0.4, 0.5) is 11.6 Å². The summed E-state index contributed by atoms with van der Waals surface area (Å²) in [7, 11) is 0. The molecule has 2 aromatic heterocycles. The van der Waals surface area contributed by atoms with Crippen molar-refractivity contribution in [1.29, 1.82) is 0 Å². The van der Waals surface area contributed by atoms with Crippen LogP contribution in [0.5, 0.6) is 0 Å². The Balaban J connectivity index is 1.40. The van der Waals surface area contributed by atoms with Gasteiger partial charge in [0.05, 0.1) is 17.3 Å². The first-order chi connectivity index (χ1) is 15.6. The summed E-state index contributed by atoms with van der Waals surface area (Å²) in [5.74, 6) is 2.17. The van der Waals surface area contributed by atoms with Crippen LogP contribution in [0, 0.1) is 5.92 Å². The van der Waals surface area contributed by atoms with E-state index in [2.05, 4.69) is 20.5 Å². The fourth-order valence-corrected chi connectivity index (χ4v) is 4.91. The van der Waals surface area contributed by atoms with Crippen molar-refractivity contribution in [2.24, 2.45) is 11.7 Å². The first-order valence-corrected chi connectivity index (χ1v) is 12.0. The number of carbonyl (C=O) groups excluding carboxylic acids is 1. The van der Waals surface area contributed by atoms with E-state index in [-0.39, 0.29) is 0 Å². The van der Waals surface area contributed by atoms with Crippen molar-refractivity contribution in [3.8, 4) is 11.3 Å². The number of rotatable bonds is 8.